The van der Waals surface area contributed by atoms with Crippen molar-refractivity contribution in [3.63, 3.8) is 0 Å². The van der Waals surface area contributed by atoms with Crippen LogP contribution in [0.15, 0.2) is 29.6 Å². The number of hydrogen-bond donors (Lipinski definition) is 1. The number of thioether (sulfide) groups is 1. The van der Waals surface area contributed by atoms with Gasteiger partial charge in [0.1, 0.15) is 22.9 Å². The van der Waals surface area contributed by atoms with Gasteiger partial charge in [-0.25, -0.2) is 23.8 Å². The molecule has 3 aromatic rings. The molecule has 1 atom stereocenters. The van der Waals surface area contributed by atoms with Crippen molar-refractivity contribution in [1.82, 2.24) is 24.6 Å². The molecule has 1 N–H and O–H groups in total. The molecule has 11 heteroatoms. The van der Waals surface area contributed by atoms with Gasteiger partial charge in [-0.2, -0.15) is 0 Å². The van der Waals surface area contributed by atoms with Gasteiger partial charge in [0, 0.05) is 31.9 Å². The molecule has 0 bridgehead atoms. The van der Waals surface area contributed by atoms with Crippen molar-refractivity contribution in [1.29, 1.82) is 0 Å². The van der Waals surface area contributed by atoms with Gasteiger partial charge in [0.2, 0.25) is 0 Å². The highest BCUT2D eigenvalue weighted by molar-refractivity contribution is 7.98. The topological polar surface area (TPSA) is 96.6 Å². The molecule has 1 aliphatic rings. The SMILES string of the molecule is CSc1nc(N2CCN(C(=O)OC(C)(C)C)C[C@@H]2C)c2cn(-c3c(O)cccc3F)nc2n1. The Balaban J connectivity index is 1.69. The molecule has 1 aromatic carbocycles. The molecule has 0 radical (unpaired) electrons. The molecule has 0 saturated carbocycles. The highest BCUT2D eigenvalue weighted by Crippen LogP contribution is 2.32. The second-order valence-electron chi connectivity index (χ2n) is 8.92. The summed E-state index contributed by atoms with van der Waals surface area (Å²) in [5.41, 5.74) is -0.208. The number of anilines is 1. The first kappa shape index (κ1) is 23.1. The third-order valence-electron chi connectivity index (χ3n) is 5.27. The lowest BCUT2D eigenvalue weighted by Gasteiger charge is -2.40. The summed E-state index contributed by atoms with van der Waals surface area (Å²) in [5.74, 6) is -0.161. The Morgan fingerprint density at radius 1 is 1.27 bits per heavy atom. The summed E-state index contributed by atoms with van der Waals surface area (Å²) in [6.45, 7) is 9.02. The first-order chi connectivity index (χ1) is 15.6. The average molecular weight is 475 g/mol. The molecule has 33 heavy (non-hydrogen) atoms. The van der Waals surface area contributed by atoms with Crippen LogP contribution in [-0.4, -0.2) is 73.4 Å². The lowest BCUT2D eigenvalue weighted by molar-refractivity contribution is 0.0218. The monoisotopic (exact) mass is 474 g/mol. The van der Waals surface area contributed by atoms with E-state index < -0.39 is 11.4 Å². The molecule has 2 aromatic heterocycles. The first-order valence-electron chi connectivity index (χ1n) is 10.6. The minimum absolute atomic E-state index is 0.0463. The standard InChI is InChI=1S/C22H27FN6O3S/c1-13-11-27(21(31)32-22(2,3)4)9-10-28(13)19-14-12-29(17-15(23)7-6-8-16(17)30)26-18(14)24-20(25-19)33-5/h6-8,12-13,30H,9-11H2,1-5H3/t13-/m0/s1. The average Bonchev–Trinajstić information content (AvgIpc) is 3.15. The van der Waals surface area contributed by atoms with Crippen LogP contribution in [0.3, 0.4) is 0 Å². The van der Waals surface area contributed by atoms with Gasteiger partial charge in [-0.05, 0) is 46.1 Å². The fourth-order valence-corrected chi connectivity index (χ4v) is 4.15. The minimum atomic E-state index is -0.596. The van der Waals surface area contributed by atoms with E-state index in [-0.39, 0.29) is 23.6 Å². The van der Waals surface area contributed by atoms with E-state index in [0.29, 0.717) is 41.6 Å². The van der Waals surface area contributed by atoms with Gasteiger partial charge in [-0.3, -0.25) is 0 Å². The van der Waals surface area contributed by atoms with E-state index in [0.717, 1.165) is 0 Å². The maximum atomic E-state index is 14.4. The fraction of sp³-hybridized carbons (Fsp3) is 0.455. The van der Waals surface area contributed by atoms with E-state index in [2.05, 4.69) is 15.0 Å². The second kappa shape index (κ2) is 8.69. The second-order valence-corrected chi connectivity index (χ2v) is 9.69. The molecule has 3 heterocycles. The molecule has 1 amide bonds. The molecular formula is C22H27FN6O3S. The van der Waals surface area contributed by atoms with E-state index in [9.17, 15) is 14.3 Å². The Morgan fingerprint density at radius 3 is 2.67 bits per heavy atom. The highest BCUT2D eigenvalue weighted by atomic mass is 32.2. The van der Waals surface area contributed by atoms with Gasteiger partial charge in [0.05, 0.1) is 5.39 Å². The van der Waals surface area contributed by atoms with Crippen LogP contribution < -0.4 is 4.90 Å². The molecule has 1 aliphatic heterocycles. The van der Waals surface area contributed by atoms with Gasteiger partial charge in [-0.1, -0.05) is 17.8 Å². The van der Waals surface area contributed by atoms with E-state index in [1.165, 1.54) is 34.6 Å². The van der Waals surface area contributed by atoms with Crippen LogP contribution in [0.5, 0.6) is 5.75 Å². The molecule has 0 unspecified atom stereocenters. The number of carbonyl (C=O) groups excluding carboxylic acids is 1. The lowest BCUT2D eigenvalue weighted by Crippen LogP contribution is -2.54. The fourth-order valence-electron chi connectivity index (χ4n) is 3.79. The van der Waals surface area contributed by atoms with Crippen molar-refractivity contribution in [3.05, 3.63) is 30.2 Å². The number of phenols is 1. The Hall–Kier alpha value is -3.08. The highest BCUT2D eigenvalue weighted by Gasteiger charge is 2.32. The predicted octanol–water partition coefficient (Wildman–Crippen LogP) is 3.83. The van der Waals surface area contributed by atoms with Crippen LogP contribution in [-0.2, 0) is 4.74 Å². The molecule has 1 saturated heterocycles. The number of amides is 1. The number of fused-ring (bicyclic) bond motifs is 1. The lowest BCUT2D eigenvalue weighted by atomic mass is 10.1. The van der Waals surface area contributed by atoms with E-state index in [1.807, 2.05) is 34.0 Å². The van der Waals surface area contributed by atoms with Crippen LogP contribution in [0, 0.1) is 5.82 Å². The minimum Gasteiger partial charge on any atom is -0.506 e. The van der Waals surface area contributed by atoms with E-state index >= 15 is 0 Å². The normalized spacial score (nSPS) is 17.0. The smallest absolute Gasteiger partial charge is 0.410 e. The molecule has 0 spiro atoms. The number of ether oxygens (including phenoxy) is 1. The number of para-hydroxylation sites is 1. The zero-order valence-corrected chi connectivity index (χ0v) is 20.1. The zero-order chi connectivity index (χ0) is 23.9. The van der Waals surface area contributed by atoms with Gasteiger partial charge in [0.25, 0.3) is 0 Å². The quantitative estimate of drug-likeness (QED) is 0.452. The van der Waals surface area contributed by atoms with Gasteiger partial charge >= 0.3 is 6.09 Å². The van der Waals surface area contributed by atoms with Crippen molar-refractivity contribution in [2.75, 3.05) is 30.8 Å². The maximum Gasteiger partial charge on any atom is 0.410 e. The molecule has 9 nitrogen and oxygen atoms in total. The number of aromatic nitrogens is 4. The summed E-state index contributed by atoms with van der Waals surface area (Å²) in [6.07, 6.45) is 3.16. The number of piperazine rings is 1. The van der Waals surface area contributed by atoms with Gasteiger partial charge in [-0.15, -0.1) is 5.10 Å². The largest absolute Gasteiger partial charge is 0.506 e. The summed E-state index contributed by atoms with van der Waals surface area (Å²) in [5, 5.41) is 15.8. The number of halogens is 1. The van der Waals surface area contributed by atoms with Crippen LogP contribution in [0.25, 0.3) is 16.7 Å². The molecule has 0 aliphatic carbocycles. The molecule has 1 fully saturated rings. The molecular weight excluding hydrogens is 447 g/mol. The maximum absolute atomic E-state index is 14.4. The number of nitrogens with zero attached hydrogens (tertiary/aromatic N) is 6. The summed E-state index contributed by atoms with van der Waals surface area (Å²) >= 11 is 1.38. The third-order valence-corrected chi connectivity index (χ3v) is 5.81. The van der Waals surface area contributed by atoms with Gasteiger partial charge in [0.15, 0.2) is 16.6 Å². The van der Waals surface area contributed by atoms with Crippen molar-refractivity contribution in [2.45, 2.75) is 44.5 Å². The molecule has 4 rings (SSSR count). The molecule has 176 valence electrons. The zero-order valence-electron chi connectivity index (χ0n) is 19.2. The summed E-state index contributed by atoms with van der Waals surface area (Å²) in [4.78, 5) is 25.5. The van der Waals surface area contributed by atoms with Crippen LogP contribution in [0.1, 0.15) is 27.7 Å². The van der Waals surface area contributed by atoms with Crippen molar-refractivity contribution in [3.8, 4) is 11.4 Å². The third kappa shape index (κ3) is 4.68. The first-order valence-corrected chi connectivity index (χ1v) is 11.8. The number of benzene rings is 1. The Kier molecular flexibility index (Phi) is 6.08. The van der Waals surface area contributed by atoms with E-state index in [4.69, 9.17) is 9.72 Å². The Labute approximate surface area is 195 Å². The van der Waals surface area contributed by atoms with E-state index in [1.54, 1.807) is 11.1 Å². The number of rotatable bonds is 3. The van der Waals surface area contributed by atoms with Crippen LogP contribution in [0.4, 0.5) is 15.0 Å². The van der Waals surface area contributed by atoms with Crippen LogP contribution >= 0.6 is 11.8 Å². The van der Waals surface area contributed by atoms with Crippen molar-refractivity contribution < 1.29 is 19.0 Å². The number of carbonyl (C=O) groups is 1. The predicted molar refractivity (Wildman–Crippen MR) is 125 cm³/mol. The summed E-state index contributed by atoms with van der Waals surface area (Å²) in [6, 6.07) is 4.05. The summed E-state index contributed by atoms with van der Waals surface area (Å²) < 4.78 is 21.2. The summed E-state index contributed by atoms with van der Waals surface area (Å²) in [7, 11) is 0. The number of phenolic OH excluding ortho intramolecular Hbond substituents is 1. The van der Waals surface area contributed by atoms with Crippen molar-refractivity contribution >= 4 is 34.7 Å². The van der Waals surface area contributed by atoms with Crippen molar-refractivity contribution in [2.24, 2.45) is 0 Å². The number of hydrogen-bond acceptors (Lipinski definition) is 8. The Bertz CT molecular complexity index is 1170. The van der Waals surface area contributed by atoms with Crippen LogP contribution in [0.2, 0.25) is 0 Å². The Morgan fingerprint density at radius 2 is 2.03 bits per heavy atom. The number of aromatic hydroxyl groups is 1. The van der Waals surface area contributed by atoms with Gasteiger partial charge < -0.3 is 19.6 Å².